The van der Waals surface area contributed by atoms with Gasteiger partial charge in [-0.3, -0.25) is 4.79 Å². The number of hydrogen-bond donors (Lipinski definition) is 0. The maximum Gasteiger partial charge on any atom is 0.309 e. The summed E-state index contributed by atoms with van der Waals surface area (Å²) in [4.78, 5) is 10.8. The summed E-state index contributed by atoms with van der Waals surface area (Å²) < 4.78 is 4.52. The highest BCUT2D eigenvalue weighted by Gasteiger charge is 2.27. The summed E-state index contributed by atoms with van der Waals surface area (Å²) in [6, 6.07) is 0. The largest absolute Gasteiger partial charge is 0.469 e. The zero-order valence-electron chi connectivity index (χ0n) is 6.47. The zero-order valence-corrected chi connectivity index (χ0v) is 7.23. The molecule has 0 heterocycles. The Kier molecular flexibility index (Phi) is 2.94. The van der Waals surface area contributed by atoms with Gasteiger partial charge in [0, 0.05) is 5.54 Å². The lowest BCUT2D eigenvalue weighted by molar-refractivity contribution is -0.139. The molecule has 0 spiro atoms. The van der Waals surface area contributed by atoms with Crippen molar-refractivity contribution in [3.63, 3.8) is 0 Å². The zero-order chi connectivity index (χ0) is 8.27. The number of esters is 1. The molecule has 1 rings (SSSR count). The molecule has 3 heteroatoms. The van der Waals surface area contributed by atoms with Crippen molar-refractivity contribution in [1.29, 1.82) is 0 Å². The van der Waals surface area contributed by atoms with Gasteiger partial charge in [0.05, 0.1) is 13.5 Å². The van der Waals surface area contributed by atoms with E-state index in [2.05, 4.69) is 4.74 Å². The molecule has 2 nitrogen and oxygen atoms in total. The molecule has 1 saturated carbocycles. The van der Waals surface area contributed by atoms with Gasteiger partial charge in [0.2, 0.25) is 0 Å². The fourth-order valence-electron chi connectivity index (χ4n) is 0.965. The highest BCUT2D eigenvalue weighted by molar-refractivity contribution is 6.25. The minimum absolute atomic E-state index is 0.205. The Morgan fingerprint density at radius 3 is 2.73 bits per heavy atom. The standard InChI is InChI=1S/C8H11ClO2/c1-11-8(10)4-7(5-9)6-2-3-6/h5-6H,2-4H2,1H3/b7-5+. The van der Waals surface area contributed by atoms with Crippen LogP contribution in [-0.4, -0.2) is 13.1 Å². The smallest absolute Gasteiger partial charge is 0.309 e. The summed E-state index contributed by atoms with van der Waals surface area (Å²) in [7, 11) is 1.39. The first-order valence-electron chi connectivity index (χ1n) is 3.64. The second-order valence-electron chi connectivity index (χ2n) is 2.71. The Bertz CT molecular complexity index is 183. The predicted octanol–water partition coefficient (Wildman–Crippen LogP) is 2.08. The molecule has 1 aliphatic carbocycles. The number of carbonyl (C=O) groups is 1. The highest BCUT2D eigenvalue weighted by Crippen LogP contribution is 2.38. The van der Waals surface area contributed by atoms with Crippen LogP contribution in [0.3, 0.4) is 0 Å². The van der Waals surface area contributed by atoms with Crippen LogP contribution in [-0.2, 0) is 9.53 Å². The van der Waals surface area contributed by atoms with E-state index in [-0.39, 0.29) is 5.97 Å². The van der Waals surface area contributed by atoms with Crippen LogP contribution in [0.2, 0.25) is 0 Å². The Morgan fingerprint density at radius 2 is 2.36 bits per heavy atom. The van der Waals surface area contributed by atoms with Crippen molar-refractivity contribution in [2.75, 3.05) is 7.11 Å². The van der Waals surface area contributed by atoms with E-state index in [1.807, 2.05) is 0 Å². The van der Waals surface area contributed by atoms with E-state index in [4.69, 9.17) is 11.6 Å². The van der Waals surface area contributed by atoms with Gasteiger partial charge in [-0.15, -0.1) is 0 Å². The van der Waals surface area contributed by atoms with E-state index in [0.717, 1.165) is 18.4 Å². The van der Waals surface area contributed by atoms with Gasteiger partial charge in [0.15, 0.2) is 0 Å². The average Bonchev–Trinajstić information content (AvgIpc) is 2.82. The van der Waals surface area contributed by atoms with Crippen LogP contribution >= 0.6 is 11.6 Å². The number of hydrogen-bond acceptors (Lipinski definition) is 2. The fraction of sp³-hybridized carbons (Fsp3) is 0.625. The molecule has 11 heavy (non-hydrogen) atoms. The second-order valence-corrected chi connectivity index (χ2v) is 2.93. The van der Waals surface area contributed by atoms with Crippen LogP contribution in [0.4, 0.5) is 0 Å². The number of halogens is 1. The van der Waals surface area contributed by atoms with Crippen molar-refractivity contribution in [1.82, 2.24) is 0 Å². The first-order valence-corrected chi connectivity index (χ1v) is 4.07. The topological polar surface area (TPSA) is 26.3 Å². The molecule has 0 atom stereocenters. The van der Waals surface area contributed by atoms with Gasteiger partial charge in [-0.25, -0.2) is 0 Å². The van der Waals surface area contributed by atoms with E-state index in [9.17, 15) is 4.79 Å². The second kappa shape index (κ2) is 3.77. The lowest BCUT2D eigenvalue weighted by Gasteiger charge is -2.01. The van der Waals surface area contributed by atoms with Crippen LogP contribution < -0.4 is 0 Å². The third-order valence-corrected chi connectivity index (χ3v) is 2.10. The summed E-state index contributed by atoms with van der Waals surface area (Å²) in [6.45, 7) is 0. The summed E-state index contributed by atoms with van der Waals surface area (Å²) in [6.07, 6.45) is 2.68. The average molecular weight is 175 g/mol. The van der Waals surface area contributed by atoms with Gasteiger partial charge < -0.3 is 4.74 Å². The van der Waals surface area contributed by atoms with Crippen LogP contribution in [0, 0.1) is 5.92 Å². The summed E-state index contributed by atoms with van der Waals surface area (Å²) in [5.41, 5.74) is 2.52. The molecule has 0 amide bonds. The van der Waals surface area contributed by atoms with Crippen molar-refractivity contribution < 1.29 is 9.53 Å². The molecule has 0 aliphatic heterocycles. The summed E-state index contributed by atoms with van der Waals surface area (Å²) in [5.74, 6) is 0.343. The van der Waals surface area contributed by atoms with Crippen LogP contribution in [0.15, 0.2) is 11.1 Å². The van der Waals surface area contributed by atoms with Crippen molar-refractivity contribution >= 4 is 17.6 Å². The molecular weight excluding hydrogens is 164 g/mol. The Hall–Kier alpha value is -0.500. The molecule has 1 fully saturated rings. The SMILES string of the molecule is COC(=O)C/C(=C\Cl)C1CC1. The van der Waals surface area contributed by atoms with E-state index in [1.165, 1.54) is 12.6 Å². The number of methoxy groups -OCH3 is 1. The van der Waals surface area contributed by atoms with Crippen LogP contribution in [0.25, 0.3) is 0 Å². The molecule has 0 radical (unpaired) electrons. The normalized spacial score (nSPS) is 18.2. The fourth-order valence-corrected chi connectivity index (χ4v) is 1.22. The van der Waals surface area contributed by atoms with Crippen LogP contribution in [0.5, 0.6) is 0 Å². The molecule has 62 valence electrons. The van der Waals surface area contributed by atoms with Crippen molar-refractivity contribution in [3.8, 4) is 0 Å². The van der Waals surface area contributed by atoms with Gasteiger partial charge in [-0.1, -0.05) is 11.6 Å². The lowest BCUT2D eigenvalue weighted by Crippen LogP contribution is -2.02. The molecule has 0 saturated heterocycles. The third-order valence-electron chi connectivity index (χ3n) is 1.82. The minimum Gasteiger partial charge on any atom is -0.469 e. The molecule has 0 bridgehead atoms. The van der Waals surface area contributed by atoms with Gasteiger partial charge in [0.25, 0.3) is 0 Å². The van der Waals surface area contributed by atoms with Gasteiger partial charge in [-0.05, 0) is 24.3 Å². The van der Waals surface area contributed by atoms with Gasteiger partial charge in [0.1, 0.15) is 0 Å². The van der Waals surface area contributed by atoms with E-state index in [0.29, 0.717) is 12.3 Å². The predicted molar refractivity (Wildman–Crippen MR) is 43.3 cm³/mol. The van der Waals surface area contributed by atoms with Crippen molar-refractivity contribution in [2.24, 2.45) is 5.92 Å². The number of rotatable bonds is 3. The van der Waals surface area contributed by atoms with Gasteiger partial charge >= 0.3 is 5.97 Å². The molecule has 0 aromatic heterocycles. The van der Waals surface area contributed by atoms with E-state index >= 15 is 0 Å². The number of carbonyl (C=O) groups excluding carboxylic acids is 1. The summed E-state index contributed by atoms with van der Waals surface area (Å²) in [5, 5.41) is 0. The Balaban J connectivity index is 2.38. The third kappa shape index (κ3) is 2.54. The maximum absolute atomic E-state index is 10.8. The molecule has 0 N–H and O–H groups in total. The highest BCUT2D eigenvalue weighted by atomic mass is 35.5. The molecular formula is C8H11ClO2. The monoisotopic (exact) mass is 174 g/mol. The lowest BCUT2D eigenvalue weighted by atomic mass is 10.1. The quantitative estimate of drug-likeness (QED) is 0.613. The minimum atomic E-state index is -0.205. The molecule has 1 aliphatic rings. The molecule has 0 unspecified atom stereocenters. The van der Waals surface area contributed by atoms with E-state index in [1.54, 1.807) is 0 Å². The first kappa shape index (κ1) is 8.60. The van der Waals surface area contributed by atoms with E-state index < -0.39 is 0 Å². The molecule has 0 aromatic carbocycles. The Labute approximate surface area is 71.2 Å². The Morgan fingerprint density at radius 1 is 1.73 bits per heavy atom. The first-order chi connectivity index (χ1) is 5.27. The van der Waals surface area contributed by atoms with Crippen molar-refractivity contribution in [2.45, 2.75) is 19.3 Å². The van der Waals surface area contributed by atoms with Crippen LogP contribution in [0.1, 0.15) is 19.3 Å². The van der Waals surface area contributed by atoms with Gasteiger partial charge in [-0.2, -0.15) is 0 Å². The van der Waals surface area contributed by atoms with Crippen molar-refractivity contribution in [3.05, 3.63) is 11.1 Å². The molecule has 0 aromatic rings. The summed E-state index contributed by atoms with van der Waals surface area (Å²) >= 11 is 5.53. The maximum atomic E-state index is 10.8. The number of ether oxygens (including phenoxy) is 1.